The third-order valence-electron chi connectivity index (χ3n) is 5.36. The number of carboxylic acids is 1. The van der Waals surface area contributed by atoms with Crippen molar-refractivity contribution < 1.29 is 9.90 Å². The number of rotatable bonds is 8. The minimum atomic E-state index is -1.03. The van der Waals surface area contributed by atoms with Gasteiger partial charge in [0.2, 0.25) is 5.95 Å². The summed E-state index contributed by atoms with van der Waals surface area (Å²) in [5.74, 6) is -0.318. The highest BCUT2D eigenvalue weighted by Crippen LogP contribution is 2.38. The van der Waals surface area contributed by atoms with E-state index in [2.05, 4.69) is 37.7 Å². The zero-order valence-corrected chi connectivity index (χ0v) is 18.1. The van der Waals surface area contributed by atoms with Crippen LogP contribution in [0.15, 0.2) is 54.7 Å². The summed E-state index contributed by atoms with van der Waals surface area (Å²) in [4.78, 5) is 24.6. The lowest BCUT2D eigenvalue weighted by Gasteiger charge is -2.08. The third-order valence-corrected chi connectivity index (χ3v) is 5.36. The van der Waals surface area contributed by atoms with Crippen molar-refractivity contribution in [1.82, 2.24) is 29.9 Å². The molecular formula is C24H20N8O2. The van der Waals surface area contributed by atoms with Crippen LogP contribution in [0.25, 0.3) is 22.6 Å². The summed E-state index contributed by atoms with van der Waals surface area (Å²) in [5.41, 5.74) is 4.74. The molecule has 2 N–H and O–H groups in total. The molecule has 0 aliphatic heterocycles. The number of pyridine rings is 1. The van der Waals surface area contributed by atoms with E-state index in [1.54, 1.807) is 35.1 Å². The molecule has 0 atom stereocenters. The Morgan fingerprint density at radius 2 is 1.91 bits per heavy atom. The SMILES string of the molecule is N#Cc1cccc(-c2cc(-c3cn(Cc4cccc(C5CC5)n4)nn3)nc(NCC(=O)O)n2)c1. The van der Waals surface area contributed by atoms with E-state index >= 15 is 0 Å². The number of nitrogens with one attached hydrogen (secondary N) is 1. The summed E-state index contributed by atoms with van der Waals surface area (Å²) in [6, 6.07) is 16.9. The van der Waals surface area contributed by atoms with Gasteiger partial charge in [0.15, 0.2) is 0 Å². The first kappa shape index (κ1) is 21.2. The Balaban J connectivity index is 1.45. The van der Waals surface area contributed by atoms with Gasteiger partial charge in [-0.15, -0.1) is 5.10 Å². The molecule has 168 valence electrons. The van der Waals surface area contributed by atoms with Crippen molar-refractivity contribution in [3.8, 4) is 28.7 Å². The van der Waals surface area contributed by atoms with Crippen molar-refractivity contribution in [1.29, 1.82) is 5.26 Å². The molecular weight excluding hydrogens is 432 g/mol. The average molecular weight is 452 g/mol. The molecule has 0 saturated heterocycles. The fourth-order valence-electron chi connectivity index (χ4n) is 3.56. The lowest BCUT2D eigenvalue weighted by atomic mass is 10.1. The molecule has 0 bridgehead atoms. The van der Waals surface area contributed by atoms with Crippen molar-refractivity contribution in [3.05, 3.63) is 71.7 Å². The van der Waals surface area contributed by atoms with Crippen LogP contribution in [0.4, 0.5) is 5.95 Å². The number of carbonyl (C=O) groups is 1. The number of hydrogen-bond acceptors (Lipinski definition) is 8. The second kappa shape index (κ2) is 9.07. The first-order valence-electron chi connectivity index (χ1n) is 10.8. The molecule has 4 aromatic rings. The molecule has 1 fully saturated rings. The maximum Gasteiger partial charge on any atom is 0.322 e. The van der Waals surface area contributed by atoms with Gasteiger partial charge in [-0.05, 0) is 43.2 Å². The Kier molecular flexibility index (Phi) is 5.66. The first-order chi connectivity index (χ1) is 16.6. The van der Waals surface area contributed by atoms with Crippen LogP contribution < -0.4 is 5.32 Å². The van der Waals surface area contributed by atoms with E-state index in [0.29, 0.717) is 40.7 Å². The smallest absolute Gasteiger partial charge is 0.322 e. The number of nitriles is 1. The summed E-state index contributed by atoms with van der Waals surface area (Å²) in [6.45, 7) is 0.136. The number of aromatic nitrogens is 6. The Morgan fingerprint density at radius 3 is 2.71 bits per heavy atom. The van der Waals surface area contributed by atoms with Crippen molar-refractivity contribution in [2.45, 2.75) is 25.3 Å². The van der Waals surface area contributed by atoms with Crippen LogP contribution >= 0.6 is 0 Å². The number of nitrogens with zero attached hydrogens (tertiary/aromatic N) is 7. The zero-order chi connectivity index (χ0) is 23.5. The van der Waals surface area contributed by atoms with E-state index in [1.165, 1.54) is 12.8 Å². The van der Waals surface area contributed by atoms with Crippen LogP contribution in [-0.4, -0.2) is 47.6 Å². The summed E-state index contributed by atoms with van der Waals surface area (Å²) in [7, 11) is 0. The van der Waals surface area contributed by atoms with Crippen molar-refractivity contribution in [2.24, 2.45) is 0 Å². The van der Waals surface area contributed by atoms with Gasteiger partial charge >= 0.3 is 5.97 Å². The predicted octanol–water partition coefficient (Wildman–Crippen LogP) is 3.09. The fourth-order valence-corrected chi connectivity index (χ4v) is 3.56. The van der Waals surface area contributed by atoms with Gasteiger partial charge < -0.3 is 10.4 Å². The molecule has 1 aromatic carbocycles. The number of benzene rings is 1. The highest BCUT2D eigenvalue weighted by atomic mass is 16.4. The quantitative estimate of drug-likeness (QED) is 0.412. The van der Waals surface area contributed by atoms with Gasteiger partial charge in [-0.2, -0.15) is 5.26 Å². The van der Waals surface area contributed by atoms with Gasteiger partial charge in [0, 0.05) is 17.2 Å². The molecule has 0 unspecified atom stereocenters. The maximum atomic E-state index is 11.0. The second-order valence-corrected chi connectivity index (χ2v) is 8.03. The number of aliphatic carboxylic acids is 1. The fraction of sp³-hybridized carbons (Fsp3) is 0.208. The highest BCUT2D eigenvalue weighted by molar-refractivity contribution is 5.73. The molecule has 10 heteroatoms. The van der Waals surface area contributed by atoms with Crippen molar-refractivity contribution in [3.63, 3.8) is 0 Å². The molecule has 34 heavy (non-hydrogen) atoms. The minimum absolute atomic E-state index is 0.144. The summed E-state index contributed by atoms with van der Waals surface area (Å²) in [5, 5.41) is 29.4. The highest BCUT2D eigenvalue weighted by Gasteiger charge is 2.24. The lowest BCUT2D eigenvalue weighted by Crippen LogP contribution is -2.14. The Hall–Kier alpha value is -4.65. The normalized spacial score (nSPS) is 12.8. The van der Waals surface area contributed by atoms with Gasteiger partial charge in [0.1, 0.15) is 12.2 Å². The van der Waals surface area contributed by atoms with Gasteiger partial charge in [0.25, 0.3) is 0 Å². The van der Waals surface area contributed by atoms with Crippen molar-refractivity contribution in [2.75, 3.05) is 11.9 Å². The zero-order valence-electron chi connectivity index (χ0n) is 18.1. The molecule has 1 saturated carbocycles. The Morgan fingerprint density at radius 1 is 1.09 bits per heavy atom. The molecule has 0 spiro atoms. The topological polar surface area (TPSA) is 142 Å². The molecule has 0 amide bonds. The number of hydrogen-bond donors (Lipinski definition) is 2. The third kappa shape index (κ3) is 4.88. The molecule has 0 radical (unpaired) electrons. The minimum Gasteiger partial charge on any atom is -0.480 e. The van der Waals surface area contributed by atoms with Crippen LogP contribution in [0.2, 0.25) is 0 Å². The maximum absolute atomic E-state index is 11.0. The number of carboxylic acid groups (broad SMARTS) is 1. The van der Waals surface area contributed by atoms with E-state index in [9.17, 15) is 10.1 Å². The summed E-state index contributed by atoms with van der Waals surface area (Å²) < 4.78 is 1.69. The van der Waals surface area contributed by atoms with Crippen molar-refractivity contribution >= 4 is 11.9 Å². The monoisotopic (exact) mass is 452 g/mol. The molecule has 5 rings (SSSR count). The lowest BCUT2D eigenvalue weighted by molar-refractivity contribution is -0.134. The van der Waals surface area contributed by atoms with E-state index in [4.69, 9.17) is 10.1 Å². The van der Waals surface area contributed by atoms with E-state index in [0.717, 1.165) is 11.4 Å². The van der Waals surface area contributed by atoms with Crippen LogP contribution in [0.5, 0.6) is 0 Å². The molecule has 3 aromatic heterocycles. The summed E-state index contributed by atoms with van der Waals surface area (Å²) >= 11 is 0. The van der Waals surface area contributed by atoms with E-state index in [-0.39, 0.29) is 12.5 Å². The average Bonchev–Trinajstić information content (AvgIpc) is 3.61. The Labute approximate surface area is 195 Å². The van der Waals surface area contributed by atoms with Gasteiger partial charge in [-0.1, -0.05) is 23.4 Å². The van der Waals surface area contributed by atoms with Gasteiger partial charge in [-0.25, -0.2) is 14.6 Å². The molecule has 1 aliphatic carbocycles. The molecule has 1 aliphatic rings. The van der Waals surface area contributed by atoms with Gasteiger partial charge in [-0.3, -0.25) is 9.78 Å². The standard InChI is InChI=1S/C24H20N8O2/c25-11-15-3-1-4-17(9-15)20-10-21(29-24(28-20)26-12-23(33)34)22-14-32(31-30-22)13-18-5-2-6-19(27-18)16-7-8-16/h1-6,9-10,14,16H,7-8,12-13H2,(H,33,34)(H,26,28,29). The van der Waals surface area contributed by atoms with E-state index < -0.39 is 5.97 Å². The van der Waals surface area contributed by atoms with Crippen LogP contribution in [0, 0.1) is 11.3 Å². The number of anilines is 1. The van der Waals surface area contributed by atoms with Gasteiger partial charge in [0.05, 0.1) is 41.5 Å². The summed E-state index contributed by atoms with van der Waals surface area (Å²) in [6.07, 6.45) is 4.15. The second-order valence-electron chi connectivity index (χ2n) is 8.03. The first-order valence-corrected chi connectivity index (χ1v) is 10.8. The van der Waals surface area contributed by atoms with Crippen LogP contribution in [0.3, 0.4) is 0 Å². The van der Waals surface area contributed by atoms with Crippen LogP contribution in [0.1, 0.15) is 35.7 Å². The van der Waals surface area contributed by atoms with Crippen LogP contribution in [-0.2, 0) is 11.3 Å². The largest absolute Gasteiger partial charge is 0.480 e. The van der Waals surface area contributed by atoms with E-state index in [1.807, 2.05) is 18.2 Å². The Bertz CT molecular complexity index is 1400. The predicted molar refractivity (Wildman–Crippen MR) is 123 cm³/mol. The molecule has 10 nitrogen and oxygen atoms in total. The molecule has 3 heterocycles.